The Kier molecular flexibility index (Phi) is 3.44. The van der Waals surface area contributed by atoms with Crippen LogP contribution in [0, 0.1) is 6.92 Å². The molecule has 0 spiro atoms. The van der Waals surface area contributed by atoms with Crippen LogP contribution >= 0.6 is 0 Å². The summed E-state index contributed by atoms with van der Waals surface area (Å²) >= 11 is 0. The van der Waals surface area contributed by atoms with Gasteiger partial charge < -0.3 is 4.57 Å². The van der Waals surface area contributed by atoms with E-state index in [4.69, 9.17) is 0 Å². The maximum atomic E-state index is 12.1. The van der Waals surface area contributed by atoms with Gasteiger partial charge in [0.25, 0.3) is 0 Å². The van der Waals surface area contributed by atoms with Crippen LogP contribution in [0.1, 0.15) is 35.2 Å². The lowest BCUT2D eigenvalue weighted by Gasteiger charge is -2.25. The quantitative estimate of drug-likeness (QED) is 0.728. The molecule has 0 saturated carbocycles. The van der Waals surface area contributed by atoms with Crippen LogP contribution in [0.4, 0.5) is 0 Å². The van der Waals surface area contributed by atoms with Crippen molar-refractivity contribution < 1.29 is 4.79 Å². The number of aromatic nitrogens is 1. The Bertz CT molecular complexity index is 375. The molecule has 0 atom stereocenters. The summed E-state index contributed by atoms with van der Waals surface area (Å²) in [6.07, 6.45) is 7.72. The third-order valence-corrected chi connectivity index (χ3v) is 3.27. The summed E-state index contributed by atoms with van der Waals surface area (Å²) in [4.78, 5) is 14.4. The van der Waals surface area contributed by atoms with Crippen LogP contribution in [0.3, 0.4) is 0 Å². The third kappa shape index (κ3) is 2.53. The molecule has 16 heavy (non-hydrogen) atoms. The molecule has 0 aromatic carbocycles. The van der Waals surface area contributed by atoms with E-state index in [2.05, 4.69) is 4.90 Å². The van der Waals surface area contributed by atoms with Gasteiger partial charge in [0.1, 0.15) is 0 Å². The second kappa shape index (κ2) is 4.83. The van der Waals surface area contributed by atoms with Gasteiger partial charge in [-0.25, -0.2) is 0 Å². The van der Waals surface area contributed by atoms with Gasteiger partial charge in [0.2, 0.25) is 0 Å². The normalized spacial score (nSPS) is 17.6. The summed E-state index contributed by atoms with van der Waals surface area (Å²) in [7, 11) is 1.96. The number of piperidine rings is 1. The van der Waals surface area contributed by atoms with Crippen LogP contribution in [0.25, 0.3) is 0 Å². The molecule has 3 heteroatoms. The van der Waals surface area contributed by atoms with Gasteiger partial charge in [-0.05, 0) is 38.4 Å². The maximum Gasteiger partial charge on any atom is 0.178 e. The number of likely N-dealkylation sites (tertiary alicyclic amines) is 1. The number of carbonyl (C=O) groups excluding carboxylic acids is 1. The number of carbonyl (C=O) groups is 1. The van der Waals surface area contributed by atoms with Gasteiger partial charge in [0.15, 0.2) is 5.78 Å². The number of rotatable bonds is 3. The molecule has 0 unspecified atom stereocenters. The molecule has 1 aliphatic heterocycles. The van der Waals surface area contributed by atoms with Gasteiger partial charge in [-0.3, -0.25) is 9.69 Å². The highest BCUT2D eigenvalue weighted by Gasteiger charge is 2.17. The Morgan fingerprint density at radius 2 is 1.94 bits per heavy atom. The second-order valence-corrected chi connectivity index (χ2v) is 4.78. The molecular formula is C13H20N2O. The molecule has 3 nitrogen and oxygen atoms in total. The molecule has 0 bridgehead atoms. The van der Waals surface area contributed by atoms with Crippen molar-refractivity contribution in [2.45, 2.75) is 26.2 Å². The average molecular weight is 220 g/mol. The molecule has 1 fully saturated rings. The Hall–Kier alpha value is -1.09. The number of ketones is 1. The molecule has 1 saturated heterocycles. The van der Waals surface area contributed by atoms with Gasteiger partial charge in [0.05, 0.1) is 6.54 Å². The molecule has 0 aliphatic carbocycles. The zero-order valence-corrected chi connectivity index (χ0v) is 10.2. The summed E-state index contributed by atoms with van der Waals surface area (Å²) in [5.41, 5.74) is 1.97. The fourth-order valence-corrected chi connectivity index (χ4v) is 2.42. The van der Waals surface area contributed by atoms with Gasteiger partial charge >= 0.3 is 0 Å². The SMILES string of the molecule is Cc1cn(C)cc1C(=O)CN1CCCCC1. The predicted molar refractivity (Wildman–Crippen MR) is 64.8 cm³/mol. The first-order valence-electron chi connectivity index (χ1n) is 6.05. The molecule has 2 heterocycles. The molecule has 1 aliphatic rings. The fraction of sp³-hybridized carbons (Fsp3) is 0.615. The number of aryl methyl sites for hydroxylation is 2. The van der Waals surface area contributed by atoms with Crippen LogP contribution in [0.15, 0.2) is 12.4 Å². The minimum absolute atomic E-state index is 0.264. The number of hydrogen-bond acceptors (Lipinski definition) is 2. The highest BCUT2D eigenvalue weighted by molar-refractivity contribution is 5.98. The van der Waals surface area contributed by atoms with Crippen molar-refractivity contribution in [3.8, 4) is 0 Å². The first-order valence-corrected chi connectivity index (χ1v) is 6.05. The molecule has 88 valence electrons. The van der Waals surface area contributed by atoms with E-state index in [1.165, 1.54) is 19.3 Å². The zero-order valence-electron chi connectivity index (χ0n) is 10.2. The van der Waals surface area contributed by atoms with Gasteiger partial charge in [-0.15, -0.1) is 0 Å². The molecule has 1 aromatic rings. The van der Waals surface area contributed by atoms with E-state index in [0.717, 1.165) is 24.2 Å². The Labute approximate surface area is 97.1 Å². The lowest BCUT2D eigenvalue weighted by Crippen LogP contribution is -2.34. The van der Waals surface area contributed by atoms with Crippen molar-refractivity contribution in [1.29, 1.82) is 0 Å². The van der Waals surface area contributed by atoms with Crippen molar-refractivity contribution in [3.63, 3.8) is 0 Å². The minimum atomic E-state index is 0.264. The summed E-state index contributed by atoms with van der Waals surface area (Å²) < 4.78 is 1.96. The maximum absolute atomic E-state index is 12.1. The third-order valence-electron chi connectivity index (χ3n) is 3.27. The van der Waals surface area contributed by atoms with E-state index in [-0.39, 0.29) is 5.78 Å². The van der Waals surface area contributed by atoms with Crippen molar-refractivity contribution >= 4 is 5.78 Å². The van der Waals surface area contributed by atoms with E-state index in [9.17, 15) is 4.79 Å². The van der Waals surface area contributed by atoms with E-state index in [1.54, 1.807) is 0 Å². The smallest absolute Gasteiger partial charge is 0.178 e. The standard InChI is InChI=1S/C13H20N2O/c1-11-8-14(2)9-12(11)13(16)10-15-6-4-3-5-7-15/h8-9H,3-7,10H2,1-2H3. The molecular weight excluding hydrogens is 200 g/mol. The van der Waals surface area contributed by atoms with Crippen molar-refractivity contribution in [1.82, 2.24) is 9.47 Å². The van der Waals surface area contributed by atoms with Crippen LogP contribution in [0.5, 0.6) is 0 Å². The molecule has 0 N–H and O–H groups in total. The van der Waals surface area contributed by atoms with Gasteiger partial charge in [-0.2, -0.15) is 0 Å². The number of hydrogen-bond donors (Lipinski definition) is 0. The van der Waals surface area contributed by atoms with Crippen LogP contribution in [-0.4, -0.2) is 34.9 Å². The molecule has 0 amide bonds. The summed E-state index contributed by atoms with van der Waals surface area (Å²) in [6, 6.07) is 0. The van der Waals surface area contributed by atoms with Gasteiger partial charge in [-0.1, -0.05) is 6.42 Å². The van der Waals surface area contributed by atoms with Gasteiger partial charge in [0, 0.05) is 25.0 Å². The highest BCUT2D eigenvalue weighted by atomic mass is 16.1. The van der Waals surface area contributed by atoms with E-state index >= 15 is 0 Å². The zero-order chi connectivity index (χ0) is 11.5. The Balaban J connectivity index is 1.99. The van der Waals surface area contributed by atoms with Crippen LogP contribution < -0.4 is 0 Å². The summed E-state index contributed by atoms with van der Waals surface area (Å²) in [6.45, 7) is 4.75. The second-order valence-electron chi connectivity index (χ2n) is 4.78. The van der Waals surface area contributed by atoms with Crippen molar-refractivity contribution in [2.24, 2.45) is 7.05 Å². The van der Waals surface area contributed by atoms with Crippen LogP contribution in [0.2, 0.25) is 0 Å². The topological polar surface area (TPSA) is 25.2 Å². The van der Waals surface area contributed by atoms with E-state index in [0.29, 0.717) is 6.54 Å². The monoisotopic (exact) mass is 220 g/mol. The van der Waals surface area contributed by atoms with Crippen LogP contribution in [-0.2, 0) is 7.05 Å². The first kappa shape index (κ1) is 11.4. The Morgan fingerprint density at radius 3 is 2.50 bits per heavy atom. The average Bonchev–Trinajstić information content (AvgIpc) is 2.59. The summed E-state index contributed by atoms with van der Waals surface area (Å²) in [5, 5.41) is 0. The van der Waals surface area contributed by atoms with E-state index < -0.39 is 0 Å². The molecule has 0 radical (unpaired) electrons. The highest BCUT2D eigenvalue weighted by Crippen LogP contribution is 2.13. The largest absolute Gasteiger partial charge is 0.356 e. The lowest BCUT2D eigenvalue weighted by atomic mass is 10.1. The molecule has 2 rings (SSSR count). The van der Waals surface area contributed by atoms with Crippen molar-refractivity contribution in [2.75, 3.05) is 19.6 Å². The lowest BCUT2D eigenvalue weighted by molar-refractivity contribution is 0.0915. The summed E-state index contributed by atoms with van der Waals surface area (Å²) in [5.74, 6) is 0.264. The molecule has 1 aromatic heterocycles. The van der Waals surface area contributed by atoms with E-state index in [1.807, 2.05) is 30.9 Å². The first-order chi connectivity index (χ1) is 7.66. The minimum Gasteiger partial charge on any atom is -0.356 e. The predicted octanol–water partition coefficient (Wildman–Crippen LogP) is 2.00. The fourth-order valence-electron chi connectivity index (χ4n) is 2.42. The number of Topliss-reactive ketones (excluding diaryl/α,β-unsaturated/α-hetero) is 1. The number of nitrogens with zero attached hydrogens (tertiary/aromatic N) is 2. The Morgan fingerprint density at radius 1 is 1.25 bits per heavy atom. The van der Waals surface area contributed by atoms with Crippen molar-refractivity contribution in [3.05, 3.63) is 23.5 Å².